The average molecular weight is 346 g/mol. The zero-order valence-electron chi connectivity index (χ0n) is 15.5. The van der Waals surface area contributed by atoms with Gasteiger partial charge < -0.3 is 15.4 Å². The van der Waals surface area contributed by atoms with Crippen molar-refractivity contribution < 1.29 is 8.95 Å². The van der Waals surface area contributed by atoms with Gasteiger partial charge in [-0.25, -0.2) is 0 Å². The summed E-state index contributed by atoms with van der Waals surface area (Å²) in [6, 6.07) is 0. The number of nitrogens with one attached hydrogen (secondary N) is 2. The summed E-state index contributed by atoms with van der Waals surface area (Å²) in [7, 11) is 0.925. The summed E-state index contributed by atoms with van der Waals surface area (Å²) >= 11 is 0. The van der Waals surface area contributed by atoms with E-state index in [2.05, 4.69) is 17.6 Å². The molecule has 0 aliphatic heterocycles. The molecule has 2 N–H and O–H groups in total. The Kier molecular flexibility index (Phi) is 8.54. The monoisotopic (exact) mass is 345 g/mol. The Labute approximate surface area is 144 Å². The molecule has 0 spiro atoms. The normalized spacial score (nSPS) is 19.1. The second-order valence-electron chi connectivity index (χ2n) is 7.38. The molecule has 6 heteroatoms. The van der Waals surface area contributed by atoms with Gasteiger partial charge in [-0.05, 0) is 52.4 Å². The molecule has 0 radical (unpaired) electrons. The van der Waals surface area contributed by atoms with Crippen LogP contribution in [0.1, 0.15) is 53.4 Å². The molecular formula is C17H35N3O2S. The van der Waals surface area contributed by atoms with Gasteiger partial charge in [-0.1, -0.05) is 6.42 Å². The van der Waals surface area contributed by atoms with E-state index < -0.39 is 10.8 Å². The van der Waals surface area contributed by atoms with Crippen LogP contribution in [0.4, 0.5) is 0 Å². The Morgan fingerprint density at radius 3 is 2.48 bits per heavy atom. The van der Waals surface area contributed by atoms with Gasteiger partial charge in [-0.2, -0.15) is 0 Å². The zero-order chi connectivity index (χ0) is 17.3. The second-order valence-corrected chi connectivity index (χ2v) is 9.70. The van der Waals surface area contributed by atoms with Crippen LogP contribution in [0.3, 0.4) is 0 Å². The predicted octanol–water partition coefficient (Wildman–Crippen LogP) is 2.30. The first kappa shape index (κ1) is 20.4. The van der Waals surface area contributed by atoms with Crippen molar-refractivity contribution in [3.63, 3.8) is 0 Å². The molecule has 0 aromatic carbocycles. The maximum absolute atomic E-state index is 12.1. The summed E-state index contributed by atoms with van der Waals surface area (Å²) in [6.45, 7) is 11.3. The molecule has 5 nitrogen and oxygen atoms in total. The van der Waals surface area contributed by atoms with Crippen LogP contribution in [0.2, 0.25) is 0 Å². The van der Waals surface area contributed by atoms with E-state index >= 15 is 0 Å². The molecule has 23 heavy (non-hydrogen) atoms. The summed E-state index contributed by atoms with van der Waals surface area (Å²) in [5, 5.41) is 6.60. The standard InChI is InChI=1S/C17H35N3O2S/c1-6-18-15(19-11-13-23(21)16(2,3)4)20-14-17(8-7-9-17)10-12-22-5/h6-14H2,1-5H3,(H2,18,19,20). The highest BCUT2D eigenvalue weighted by atomic mass is 32.2. The SMILES string of the molecule is CCNC(=NCC1(CCOC)CCC1)NCCS(=O)C(C)(C)C. The lowest BCUT2D eigenvalue weighted by atomic mass is 9.67. The molecule has 136 valence electrons. The molecule has 1 atom stereocenters. The van der Waals surface area contributed by atoms with E-state index in [1.807, 2.05) is 20.8 Å². The molecular weight excluding hydrogens is 310 g/mol. The van der Waals surface area contributed by atoms with E-state index in [1.165, 1.54) is 19.3 Å². The molecule has 1 unspecified atom stereocenters. The highest BCUT2D eigenvalue weighted by molar-refractivity contribution is 7.86. The third-order valence-electron chi connectivity index (χ3n) is 4.43. The van der Waals surface area contributed by atoms with Crippen molar-refractivity contribution in [1.82, 2.24) is 10.6 Å². The Hall–Kier alpha value is -0.620. The minimum atomic E-state index is -0.835. The van der Waals surface area contributed by atoms with Crippen molar-refractivity contribution in [2.75, 3.05) is 39.1 Å². The van der Waals surface area contributed by atoms with Crippen LogP contribution in [0, 0.1) is 5.41 Å². The fourth-order valence-electron chi connectivity index (χ4n) is 2.64. The van der Waals surface area contributed by atoms with E-state index in [0.29, 0.717) is 17.7 Å². The molecule has 0 aromatic rings. The number of nitrogens with zero attached hydrogens (tertiary/aromatic N) is 1. The second kappa shape index (κ2) is 9.62. The molecule has 0 bridgehead atoms. The summed E-state index contributed by atoms with van der Waals surface area (Å²) in [5.41, 5.74) is 0.326. The van der Waals surface area contributed by atoms with Crippen molar-refractivity contribution in [3.8, 4) is 0 Å². The van der Waals surface area contributed by atoms with Gasteiger partial charge in [0.2, 0.25) is 0 Å². The maximum Gasteiger partial charge on any atom is 0.191 e. The van der Waals surface area contributed by atoms with Crippen molar-refractivity contribution in [1.29, 1.82) is 0 Å². The number of hydrogen-bond donors (Lipinski definition) is 2. The summed E-state index contributed by atoms with van der Waals surface area (Å²) in [4.78, 5) is 4.76. The molecule has 1 fully saturated rings. The van der Waals surface area contributed by atoms with Crippen molar-refractivity contribution >= 4 is 16.8 Å². The van der Waals surface area contributed by atoms with Gasteiger partial charge in [-0.15, -0.1) is 0 Å². The van der Waals surface area contributed by atoms with Crippen LogP contribution in [0.5, 0.6) is 0 Å². The number of ether oxygens (including phenoxy) is 1. The third-order valence-corrected chi connectivity index (χ3v) is 6.37. The van der Waals surface area contributed by atoms with E-state index in [4.69, 9.17) is 9.73 Å². The molecule has 0 saturated heterocycles. The van der Waals surface area contributed by atoms with Gasteiger partial charge in [-0.3, -0.25) is 9.20 Å². The van der Waals surface area contributed by atoms with E-state index in [0.717, 1.165) is 32.1 Å². The number of rotatable bonds is 9. The molecule has 0 heterocycles. The Bertz CT molecular complexity index is 401. The fourth-order valence-corrected chi connectivity index (χ4v) is 3.54. The first-order valence-corrected chi connectivity index (χ1v) is 10.0. The lowest BCUT2D eigenvalue weighted by molar-refractivity contribution is 0.0778. The number of hydrogen-bond acceptors (Lipinski definition) is 3. The molecule has 0 amide bonds. The van der Waals surface area contributed by atoms with Gasteiger partial charge >= 0.3 is 0 Å². The molecule has 1 aliphatic carbocycles. The fraction of sp³-hybridized carbons (Fsp3) is 0.941. The first-order chi connectivity index (χ1) is 10.8. The van der Waals surface area contributed by atoms with Crippen LogP contribution in [-0.4, -0.2) is 54.0 Å². The van der Waals surface area contributed by atoms with Gasteiger partial charge in [0.1, 0.15) is 0 Å². The van der Waals surface area contributed by atoms with Crippen LogP contribution in [0.15, 0.2) is 4.99 Å². The van der Waals surface area contributed by atoms with Gasteiger partial charge in [0.25, 0.3) is 0 Å². The molecule has 1 saturated carbocycles. The van der Waals surface area contributed by atoms with Gasteiger partial charge in [0.15, 0.2) is 5.96 Å². The number of guanidine groups is 1. The van der Waals surface area contributed by atoms with Crippen LogP contribution in [-0.2, 0) is 15.5 Å². The van der Waals surface area contributed by atoms with Crippen molar-refractivity contribution in [2.24, 2.45) is 10.4 Å². The quantitative estimate of drug-likeness (QED) is 0.497. The third kappa shape index (κ3) is 7.21. The highest BCUT2D eigenvalue weighted by Crippen LogP contribution is 2.44. The topological polar surface area (TPSA) is 62.7 Å². The van der Waals surface area contributed by atoms with E-state index in [1.54, 1.807) is 7.11 Å². The smallest absolute Gasteiger partial charge is 0.191 e. The van der Waals surface area contributed by atoms with Crippen molar-refractivity contribution in [2.45, 2.75) is 58.1 Å². The highest BCUT2D eigenvalue weighted by Gasteiger charge is 2.36. The van der Waals surface area contributed by atoms with Gasteiger partial charge in [0.05, 0.1) is 0 Å². The summed E-state index contributed by atoms with van der Waals surface area (Å²) < 4.78 is 17.2. The minimum Gasteiger partial charge on any atom is -0.385 e. The van der Waals surface area contributed by atoms with E-state index in [9.17, 15) is 4.21 Å². The maximum atomic E-state index is 12.1. The molecule has 1 rings (SSSR count). The Morgan fingerprint density at radius 1 is 1.30 bits per heavy atom. The largest absolute Gasteiger partial charge is 0.385 e. The Balaban J connectivity index is 2.48. The zero-order valence-corrected chi connectivity index (χ0v) is 16.4. The van der Waals surface area contributed by atoms with E-state index in [-0.39, 0.29) is 4.75 Å². The van der Waals surface area contributed by atoms with Crippen LogP contribution < -0.4 is 10.6 Å². The number of aliphatic imine (C=N–C) groups is 1. The van der Waals surface area contributed by atoms with Crippen LogP contribution >= 0.6 is 0 Å². The minimum absolute atomic E-state index is 0.159. The first-order valence-electron chi connectivity index (χ1n) is 8.72. The molecule has 1 aliphatic rings. The van der Waals surface area contributed by atoms with Crippen LogP contribution in [0.25, 0.3) is 0 Å². The number of methoxy groups -OCH3 is 1. The summed E-state index contributed by atoms with van der Waals surface area (Å²) in [6.07, 6.45) is 4.87. The lowest BCUT2D eigenvalue weighted by Gasteiger charge is -2.40. The summed E-state index contributed by atoms with van der Waals surface area (Å²) in [5.74, 6) is 1.48. The molecule has 0 aromatic heterocycles. The van der Waals surface area contributed by atoms with Crippen molar-refractivity contribution in [3.05, 3.63) is 0 Å². The Morgan fingerprint density at radius 2 is 2.00 bits per heavy atom. The predicted molar refractivity (Wildman–Crippen MR) is 99.5 cm³/mol. The lowest BCUT2D eigenvalue weighted by Crippen LogP contribution is -2.42. The van der Waals surface area contributed by atoms with Gasteiger partial charge in [0, 0.05) is 54.7 Å². The average Bonchev–Trinajstić information content (AvgIpc) is 2.44.